The molecule has 1 saturated heterocycles. The molecular weight excluding hydrogens is 1010 g/mol. The quantitative estimate of drug-likeness (QED) is 0.0454. The van der Waals surface area contributed by atoms with Crippen LogP contribution in [-0.4, -0.2) is 118 Å². The number of rotatable bonds is 23. The highest BCUT2D eigenvalue weighted by atomic mass is 28.4. The van der Waals surface area contributed by atoms with Crippen molar-refractivity contribution < 1.29 is 66.4 Å². The molecule has 17 heteroatoms. The fourth-order valence-electron chi connectivity index (χ4n) is 13.8. The van der Waals surface area contributed by atoms with E-state index in [9.17, 15) is 19.5 Å². The van der Waals surface area contributed by atoms with Gasteiger partial charge in [0, 0.05) is 38.5 Å². The Morgan fingerprint density at radius 2 is 1.51 bits per heavy atom. The standard InChI is InChI=1S/C60H91NO14Si2/c1-20-25-29-48(64)61-44(30-35(6)7)50(75-77(36(8)9,37(10)11)38(12)13)56(67)71-45-33-60(68)54(72-55(66)43-28-26-27-42(21-2)31-43)52-58(19,53(65)51(70-40(15)62)49(39(45)14)57(60,17)18)46(74-76(22-3,23-4)24-5)32-47-59(52,34-69-47)73-41(16)63/h20-21,26-28,30-31,36-38,44-47,50-52,54,68H,1-2,22-25,29,32-34H2,3-19H3,(H,61,64)/t44-,45-,46-,47+,50+,51+,52-,54-,58+,59-,60+/m0/s1. The molecule has 2 N–H and O–H groups in total. The van der Waals surface area contributed by atoms with Crippen LogP contribution in [-0.2, 0) is 56.5 Å². The first kappa shape index (κ1) is 63.3. The second-order valence-corrected chi connectivity index (χ2v) is 34.1. The molecule has 0 spiro atoms. The number of esters is 4. The minimum Gasteiger partial charge on any atom is -0.456 e. The predicted molar refractivity (Wildman–Crippen MR) is 301 cm³/mol. The van der Waals surface area contributed by atoms with Crippen LogP contribution in [0.4, 0.5) is 0 Å². The molecule has 3 aliphatic carbocycles. The van der Waals surface area contributed by atoms with Crippen molar-refractivity contribution in [2.24, 2.45) is 16.7 Å². The van der Waals surface area contributed by atoms with Crippen LogP contribution in [0.5, 0.6) is 0 Å². The number of benzene rings is 1. The van der Waals surface area contributed by atoms with E-state index in [1.54, 1.807) is 70.2 Å². The van der Waals surface area contributed by atoms with Gasteiger partial charge < -0.3 is 43.0 Å². The van der Waals surface area contributed by atoms with Crippen LogP contribution in [0.15, 0.2) is 66.3 Å². The van der Waals surface area contributed by atoms with E-state index in [0.29, 0.717) is 35.7 Å². The van der Waals surface area contributed by atoms with Crippen LogP contribution >= 0.6 is 0 Å². The topological polar surface area (TPSA) is 199 Å². The van der Waals surface area contributed by atoms with E-state index in [1.165, 1.54) is 13.8 Å². The molecule has 1 heterocycles. The lowest BCUT2D eigenvalue weighted by Gasteiger charge is -2.68. The number of amides is 1. The van der Waals surface area contributed by atoms with Gasteiger partial charge >= 0.3 is 23.9 Å². The largest absolute Gasteiger partial charge is 0.456 e. The van der Waals surface area contributed by atoms with Crippen LogP contribution in [0.3, 0.4) is 0 Å². The van der Waals surface area contributed by atoms with Crippen LogP contribution in [0, 0.1) is 16.7 Å². The van der Waals surface area contributed by atoms with E-state index in [-0.39, 0.29) is 53.1 Å². The molecule has 1 aliphatic heterocycles. The summed E-state index contributed by atoms with van der Waals surface area (Å²) in [6.07, 6.45) is -3.02. The van der Waals surface area contributed by atoms with Crippen molar-refractivity contribution >= 4 is 58.3 Å². The Balaban J connectivity index is 1.91. The molecule has 0 unspecified atom stereocenters. The molecule has 4 aliphatic rings. The van der Waals surface area contributed by atoms with Crippen molar-refractivity contribution in [3.63, 3.8) is 0 Å². The molecular formula is C60H91NO14Si2. The summed E-state index contributed by atoms with van der Waals surface area (Å²) in [4.78, 5) is 88.5. The number of aliphatic hydroxyl groups is 1. The average molecular weight is 1110 g/mol. The first-order chi connectivity index (χ1) is 35.9. The normalized spacial score (nSPS) is 28.6. The van der Waals surface area contributed by atoms with Gasteiger partial charge in [-0.25, -0.2) is 9.59 Å². The smallest absolute Gasteiger partial charge is 0.338 e. The summed E-state index contributed by atoms with van der Waals surface area (Å²) in [5.41, 5.74) is -5.56. The van der Waals surface area contributed by atoms with Crippen LogP contribution < -0.4 is 5.32 Å². The summed E-state index contributed by atoms with van der Waals surface area (Å²) >= 11 is 0. The van der Waals surface area contributed by atoms with Gasteiger partial charge in [-0.05, 0) is 97.7 Å². The molecule has 1 amide bonds. The number of allylic oxidation sites excluding steroid dienone is 2. The molecule has 428 valence electrons. The third-order valence-electron chi connectivity index (χ3n) is 18.1. The van der Waals surface area contributed by atoms with Crippen molar-refractivity contribution in [3.05, 3.63) is 77.4 Å². The first-order valence-electron chi connectivity index (χ1n) is 27.9. The van der Waals surface area contributed by atoms with Gasteiger partial charge in [-0.3, -0.25) is 19.2 Å². The predicted octanol–water partition coefficient (Wildman–Crippen LogP) is 10.9. The van der Waals surface area contributed by atoms with Crippen molar-refractivity contribution in [2.75, 3.05) is 6.61 Å². The summed E-state index contributed by atoms with van der Waals surface area (Å²) in [6, 6.07) is 7.66. The lowest BCUT2D eigenvalue weighted by Crippen LogP contribution is -2.82. The third kappa shape index (κ3) is 11.7. The van der Waals surface area contributed by atoms with Gasteiger partial charge in [0.15, 0.2) is 31.9 Å². The van der Waals surface area contributed by atoms with Crippen molar-refractivity contribution in [1.29, 1.82) is 0 Å². The van der Waals surface area contributed by atoms with Gasteiger partial charge in [-0.15, -0.1) is 6.58 Å². The maximum Gasteiger partial charge on any atom is 0.338 e. The second kappa shape index (κ2) is 24.5. The maximum absolute atomic E-state index is 16.7. The van der Waals surface area contributed by atoms with Crippen LogP contribution in [0.2, 0.25) is 34.8 Å². The summed E-state index contributed by atoms with van der Waals surface area (Å²) in [7, 11) is -5.65. The zero-order chi connectivity index (χ0) is 58.0. The molecule has 3 fully saturated rings. The number of hydrogen-bond acceptors (Lipinski definition) is 14. The van der Waals surface area contributed by atoms with Gasteiger partial charge in [0.2, 0.25) is 14.2 Å². The molecule has 1 aromatic rings. The number of carbonyl (C=O) groups excluding carboxylic acids is 6. The number of ether oxygens (including phenoxy) is 5. The summed E-state index contributed by atoms with van der Waals surface area (Å²) in [5, 5.41) is 17.6. The minimum atomic E-state index is -2.99. The van der Waals surface area contributed by atoms with E-state index in [2.05, 4.69) is 80.8 Å². The van der Waals surface area contributed by atoms with E-state index >= 15 is 14.4 Å². The molecule has 1 aromatic carbocycles. The zero-order valence-electron chi connectivity index (χ0n) is 49.2. The van der Waals surface area contributed by atoms with Crippen molar-refractivity contribution in [1.82, 2.24) is 5.32 Å². The Bertz CT molecular complexity index is 2440. The Morgan fingerprint density at radius 1 is 0.896 bits per heavy atom. The number of Topliss-reactive ketones (excluding diaryl/α,β-unsaturated/α-hetero) is 1. The van der Waals surface area contributed by atoms with Crippen molar-refractivity contribution in [3.8, 4) is 0 Å². The third-order valence-corrected chi connectivity index (χ3v) is 28.8. The van der Waals surface area contributed by atoms with E-state index in [1.807, 2.05) is 13.8 Å². The fraction of sp³-hybridized carbons (Fsp3) is 0.667. The van der Waals surface area contributed by atoms with E-state index in [4.69, 9.17) is 32.5 Å². The summed E-state index contributed by atoms with van der Waals surface area (Å²) < 4.78 is 47.5. The average Bonchev–Trinajstić information content (AvgIpc) is 3.35. The Hall–Kier alpha value is -4.53. The lowest BCUT2D eigenvalue weighted by molar-refractivity contribution is -0.344. The highest BCUT2D eigenvalue weighted by Gasteiger charge is 2.79. The molecule has 15 nitrogen and oxygen atoms in total. The monoisotopic (exact) mass is 1110 g/mol. The fourth-order valence-corrected chi connectivity index (χ4v) is 22.3. The van der Waals surface area contributed by atoms with Gasteiger partial charge in [0.05, 0.1) is 35.6 Å². The number of ketones is 1. The second-order valence-electron chi connectivity index (χ2n) is 24.0. The number of nitrogens with one attached hydrogen (secondary N) is 1. The zero-order valence-corrected chi connectivity index (χ0v) is 51.2. The summed E-state index contributed by atoms with van der Waals surface area (Å²) in [6.45, 7) is 39.0. The molecule has 2 saturated carbocycles. The number of hydrogen-bond donors (Lipinski definition) is 2. The lowest BCUT2D eigenvalue weighted by atomic mass is 9.44. The maximum atomic E-state index is 16.7. The van der Waals surface area contributed by atoms with Crippen LogP contribution in [0.1, 0.15) is 159 Å². The van der Waals surface area contributed by atoms with Gasteiger partial charge in [0.25, 0.3) is 0 Å². The molecule has 2 bridgehead atoms. The molecule has 0 radical (unpaired) electrons. The van der Waals surface area contributed by atoms with Gasteiger partial charge in [0.1, 0.15) is 23.9 Å². The highest BCUT2D eigenvalue weighted by Crippen LogP contribution is 2.65. The van der Waals surface area contributed by atoms with Gasteiger partial charge in [-0.1, -0.05) is 119 Å². The molecule has 5 rings (SSSR count). The summed E-state index contributed by atoms with van der Waals surface area (Å²) in [5.74, 6) is -5.63. The molecule has 11 atom stereocenters. The Kier molecular flexibility index (Phi) is 20.1. The minimum absolute atomic E-state index is 0.00679. The van der Waals surface area contributed by atoms with E-state index in [0.717, 1.165) is 5.57 Å². The first-order valence-corrected chi connectivity index (χ1v) is 32.6. The number of carbonyl (C=O) groups is 6. The Labute approximate surface area is 460 Å². The molecule has 77 heavy (non-hydrogen) atoms. The Morgan fingerprint density at radius 3 is 2.00 bits per heavy atom. The SMILES string of the molecule is C=CCCC(=O)N[C@@H](C=C(C)C)[C@@H](O[Si](C(C)C)(C(C)C)C(C)C)C(=O)O[C@H]1C[C@@]2(O)[C@@H](OC(=O)c3cccc(C=C)c3)[C@@H]3[C@]4(OC(C)=O)CO[C@@H]4C[C@H](O[Si](CC)(CC)CC)[C@@]3(C)C(=O)[C@H](OC(C)=O)C(=C1C)C2(C)C. The number of fused-ring (bicyclic) bond motifs is 5. The van der Waals surface area contributed by atoms with Gasteiger partial charge in [-0.2, -0.15) is 0 Å². The van der Waals surface area contributed by atoms with Crippen molar-refractivity contribution in [2.45, 2.75) is 232 Å². The molecule has 0 aromatic heterocycles. The van der Waals surface area contributed by atoms with E-state index < -0.39 is 123 Å². The van der Waals surface area contributed by atoms with Crippen LogP contribution in [0.25, 0.3) is 6.08 Å². The highest BCUT2D eigenvalue weighted by molar-refractivity contribution is 6.77.